The third-order valence-electron chi connectivity index (χ3n) is 2.69. The highest BCUT2D eigenvalue weighted by molar-refractivity contribution is 5.75. The molecule has 0 unspecified atom stereocenters. The minimum Gasteiger partial charge on any atom is -0.491 e. The second-order valence-corrected chi connectivity index (χ2v) is 4.27. The van der Waals surface area contributed by atoms with Gasteiger partial charge in [0, 0.05) is 26.6 Å². The van der Waals surface area contributed by atoms with Crippen LogP contribution < -0.4 is 4.74 Å². The van der Waals surface area contributed by atoms with Crippen LogP contribution in [-0.2, 0) is 11.3 Å². The van der Waals surface area contributed by atoms with Crippen LogP contribution in [0.5, 0.6) is 5.75 Å². The highest BCUT2D eigenvalue weighted by atomic mass is 19.1. The normalized spacial score (nSPS) is 10.3. The van der Waals surface area contributed by atoms with Crippen LogP contribution in [0.25, 0.3) is 0 Å². The number of benzene rings is 1. The molecule has 0 radical (unpaired) electrons. The SMILES string of the molecule is CCOc1ccc(CN(C)C(=O)CCCO)cc1F. The summed E-state index contributed by atoms with van der Waals surface area (Å²) < 4.78 is 18.7. The molecule has 0 aliphatic heterocycles. The number of hydrogen-bond donors (Lipinski definition) is 1. The van der Waals surface area contributed by atoms with Crippen LogP contribution in [0.15, 0.2) is 18.2 Å². The molecule has 0 bridgehead atoms. The van der Waals surface area contributed by atoms with Gasteiger partial charge in [0.05, 0.1) is 6.61 Å². The summed E-state index contributed by atoms with van der Waals surface area (Å²) in [5.41, 5.74) is 0.709. The minimum absolute atomic E-state index is 0.00272. The predicted octanol–water partition coefficient (Wildman–Crippen LogP) is 1.96. The van der Waals surface area contributed by atoms with Gasteiger partial charge in [-0.2, -0.15) is 0 Å². The Balaban J connectivity index is 2.61. The Morgan fingerprint density at radius 1 is 1.47 bits per heavy atom. The molecule has 0 saturated heterocycles. The van der Waals surface area contributed by atoms with Gasteiger partial charge < -0.3 is 14.7 Å². The summed E-state index contributed by atoms with van der Waals surface area (Å²) in [4.78, 5) is 13.2. The van der Waals surface area contributed by atoms with Gasteiger partial charge in [0.2, 0.25) is 5.91 Å². The summed E-state index contributed by atoms with van der Waals surface area (Å²) >= 11 is 0. The lowest BCUT2D eigenvalue weighted by atomic mass is 10.2. The first-order valence-electron chi connectivity index (χ1n) is 6.34. The summed E-state index contributed by atoms with van der Waals surface area (Å²) in [6.07, 6.45) is 0.743. The summed E-state index contributed by atoms with van der Waals surface area (Å²) in [6.45, 7) is 2.54. The van der Waals surface area contributed by atoms with Crippen molar-refractivity contribution in [3.8, 4) is 5.75 Å². The van der Waals surface area contributed by atoms with Gasteiger partial charge in [0.15, 0.2) is 11.6 Å². The molecule has 106 valence electrons. The highest BCUT2D eigenvalue weighted by Crippen LogP contribution is 2.19. The Morgan fingerprint density at radius 3 is 2.79 bits per heavy atom. The van der Waals surface area contributed by atoms with E-state index in [2.05, 4.69) is 0 Å². The molecule has 0 aromatic heterocycles. The number of hydrogen-bond acceptors (Lipinski definition) is 3. The van der Waals surface area contributed by atoms with Crippen LogP contribution in [0.4, 0.5) is 4.39 Å². The van der Waals surface area contributed by atoms with Crippen molar-refractivity contribution >= 4 is 5.91 Å². The Labute approximate surface area is 112 Å². The number of carbonyl (C=O) groups is 1. The van der Waals surface area contributed by atoms with Crippen molar-refractivity contribution in [2.45, 2.75) is 26.3 Å². The molecule has 1 rings (SSSR count). The molecule has 1 amide bonds. The summed E-state index contributed by atoms with van der Waals surface area (Å²) in [5, 5.41) is 8.67. The van der Waals surface area contributed by atoms with Crippen molar-refractivity contribution in [2.24, 2.45) is 0 Å². The lowest BCUT2D eigenvalue weighted by molar-refractivity contribution is -0.130. The fraction of sp³-hybridized carbons (Fsp3) is 0.500. The van der Waals surface area contributed by atoms with E-state index < -0.39 is 5.82 Å². The molecule has 5 heteroatoms. The number of carbonyl (C=O) groups excluding carboxylic acids is 1. The highest BCUT2D eigenvalue weighted by Gasteiger charge is 2.10. The van der Waals surface area contributed by atoms with Crippen LogP contribution in [-0.4, -0.2) is 36.2 Å². The first kappa shape index (κ1) is 15.4. The van der Waals surface area contributed by atoms with Gasteiger partial charge >= 0.3 is 0 Å². The minimum atomic E-state index is -0.421. The molecule has 0 aliphatic carbocycles. The van der Waals surface area contributed by atoms with Crippen LogP contribution >= 0.6 is 0 Å². The molecule has 1 aromatic carbocycles. The first-order chi connectivity index (χ1) is 9.08. The molecule has 0 heterocycles. The maximum Gasteiger partial charge on any atom is 0.222 e. The lowest BCUT2D eigenvalue weighted by Gasteiger charge is -2.17. The lowest BCUT2D eigenvalue weighted by Crippen LogP contribution is -2.26. The van der Waals surface area contributed by atoms with Crippen LogP contribution in [0.1, 0.15) is 25.3 Å². The van der Waals surface area contributed by atoms with Crippen molar-refractivity contribution in [2.75, 3.05) is 20.3 Å². The van der Waals surface area contributed by atoms with Crippen molar-refractivity contribution in [3.63, 3.8) is 0 Å². The standard InChI is InChI=1S/C14H20FNO3/c1-3-19-13-7-6-11(9-12(13)15)10-16(2)14(18)5-4-8-17/h6-7,9,17H,3-5,8,10H2,1-2H3. The molecule has 1 aromatic rings. The summed E-state index contributed by atoms with van der Waals surface area (Å²) in [5.74, 6) is -0.264. The molecule has 0 spiro atoms. The number of aliphatic hydroxyl groups is 1. The molecule has 0 fully saturated rings. The van der Waals surface area contributed by atoms with Crippen molar-refractivity contribution < 1.29 is 19.0 Å². The van der Waals surface area contributed by atoms with E-state index in [1.807, 2.05) is 0 Å². The van der Waals surface area contributed by atoms with Crippen LogP contribution in [0, 0.1) is 5.82 Å². The Morgan fingerprint density at radius 2 is 2.21 bits per heavy atom. The third kappa shape index (κ3) is 4.87. The van der Waals surface area contributed by atoms with Gasteiger partial charge in [-0.15, -0.1) is 0 Å². The molecule has 1 N–H and O–H groups in total. The topological polar surface area (TPSA) is 49.8 Å². The van der Waals surface area contributed by atoms with Gasteiger partial charge in [0.25, 0.3) is 0 Å². The van der Waals surface area contributed by atoms with E-state index in [0.29, 0.717) is 31.6 Å². The van der Waals surface area contributed by atoms with Gasteiger partial charge in [-0.05, 0) is 31.0 Å². The van der Waals surface area contributed by atoms with E-state index in [9.17, 15) is 9.18 Å². The molecular formula is C14H20FNO3. The monoisotopic (exact) mass is 269 g/mol. The van der Waals surface area contributed by atoms with Gasteiger partial charge in [0.1, 0.15) is 0 Å². The van der Waals surface area contributed by atoms with Crippen molar-refractivity contribution in [1.82, 2.24) is 4.90 Å². The quantitative estimate of drug-likeness (QED) is 0.823. The van der Waals surface area contributed by atoms with E-state index >= 15 is 0 Å². The average Bonchev–Trinajstić information content (AvgIpc) is 2.39. The number of amides is 1. The van der Waals surface area contributed by atoms with Crippen molar-refractivity contribution in [1.29, 1.82) is 0 Å². The van der Waals surface area contributed by atoms with Gasteiger partial charge in [-0.1, -0.05) is 6.07 Å². The number of nitrogens with zero attached hydrogens (tertiary/aromatic N) is 1. The second-order valence-electron chi connectivity index (χ2n) is 4.27. The van der Waals surface area contributed by atoms with E-state index in [0.717, 1.165) is 0 Å². The second kappa shape index (κ2) is 7.74. The van der Waals surface area contributed by atoms with E-state index in [1.165, 1.54) is 11.0 Å². The molecule has 19 heavy (non-hydrogen) atoms. The molecular weight excluding hydrogens is 249 g/mol. The predicted molar refractivity (Wildman–Crippen MR) is 70.4 cm³/mol. The molecule has 0 saturated carbocycles. The Kier molecular flexibility index (Phi) is 6.29. The zero-order chi connectivity index (χ0) is 14.3. The van der Waals surface area contributed by atoms with Crippen molar-refractivity contribution in [3.05, 3.63) is 29.6 Å². The third-order valence-corrected chi connectivity index (χ3v) is 2.69. The smallest absolute Gasteiger partial charge is 0.222 e. The zero-order valence-electron chi connectivity index (χ0n) is 11.4. The molecule has 4 nitrogen and oxygen atoms in total. The maximum atomic E-state index is 13.6. The van der Waals surface area contributed by atoms with Gasteiger partial charge in [-0.25, -0.2) is 4.39 Å². The molecule has 0 atom stereocenters. The van der Waals surface area contributed by atoms with Gasteiger partial charge in [-0.3, -0.25) is 4.79 Å². The van der Waals surface area contributed by atoms with E-state index in [1.54, 1.807) is 26.1 Å². The van der Waals surface area contributed by atoms with Crippen LogP contribution in [0.2, 0.25) is 0 Å². The fourth-order valence-electron chi connectivity index (χ4n) is 1.70. The number of aliphatic hydroxyl groups excluding tert-OH is 1. The fourth-order valence-corrected chi connectivity index (χ4v) is 1.70. The number of rotatable bonds is 7. The summed E-state index contributed by atoms with van der Waals surface area (Å²) in [6, 6.07) is 4.69. The van der Waals surface area contributed by atoms with E-state index in [4.69, 9.17) is 9.84 Å². The molecule has 0 aliphatic rings. The Hall–Kier alpha value is -1.62. The number of halogens is 1. The maximum absolute atomic E-state index is 13.6. The number of ether oxygens (including phenoxy) is 1. The zero-order valence-corrected chi connectivity index (χ0v) is 11.4. The first-order valence-corrected chi connectivity index (χ1v) is 6.34. The largest absolute Gasteiger partial charge is 0.491 e. The summed E-state index contributed by atoms with van der Waals surface area (Å²) in [7, 11) is 1.66. The Bertz CT molecular complexity index is 423. The average molecular weight is 269 g/mol. The van der Waals surface area contributed by atoms with Crippen LogP contribution in [0.3, 0.4) is 0 Å². The van der Waals surface area contributed by atoms with E-state index in [-0.39, 0.29) is 18.3 Å².